The molecular weight excluding hydrogens is 238 g/mol. The minimum Gasteiger partial charge on any atom is -0.332 e. The minimum absolute atomic E-state index is 0.0260. The molecule has 0 radical (unpaired) electrons. The summed E-state index contributed by atoms with van der Waals surface area (Å²) in [4.78, 5) is 19.0. The Morgan fingerprint density at radius 3 is 2.84 bits per heavy atom. The van der Waals surface area contributed by atoms with Gasteiger partial charge >= 0.3 is 0 Å². The first-order valence-corrected chi connectivity index (χ1v) is 7.28. The molecule has 1 aliphatic heterocycles. The van der Waals surface area contributed by atoms with Crippen LogP contribution in [-0.2, 0) is 11.3 Å². The van der Waals surface area contributed by atoms with Crippen molar-refractivity contribution in [1.82, 2.24) is 15.2 Å². The molecule has 2 heterocycles. The molecule has 0 unspecified atom stereocenters. The fourth-order valence-electron chi connectivity index (χ4n) is 2.70. The van der Waals surface area contributed by atoms with Crippen LogP contribution >= 0.6 is 0 Å². The van der Waals surface area contributed by atoms with E-state index in [0.717, 1.165) is 37.9 Å². The van der Waals surface area contributed by atoms with Gasteiger partial charge in [-0.25, -0.2) is 0 Å². The third kappa shape index (κ3) is 3.13. The predicted octanol–water partition coefficient (Wildman–Crippen LogP) is 1.71. The van der Waals surface area contributed by atoms with E-state index >= 15 is 0 Å². The van der Waals surface area contributed by atoms with Gasteiger partial charge in [0.2, 0.25) is 5.91 Å². The largest absolute Gasteiger partial charge is 0.332 e. The molecular formula is C15H21N3O. The molecule has 2 fully saturated rings. The summed E-state index contributed by atoms with van der Waals surface area (Å²) in [7, 11) is 0. The number of pyridine rings is 1. The molecule has 1 atom stereocenters. The lowest BCUT2D eigenvalue weighted by Gasteiger charge is -2.30. The van der Waals surface area contributed by atoms with E-state index in [1.54, 1.807) is 6.20 Å². The molecule has 1 aromatic heterocycles. The van der Waals surface area contributed by atoms with Crippen molar-refractivity contribution in [3.05, 3.63) is 30.1 Å². The summed E-state index contributed by atoms with van der Waals surface area (Å²) < 4.78 is 0. The van der Waals surface area contributed by atoms with Crippen LogP contribution in [0.2, 0.25) is 0 Å². The van der Waals surface area contributed by atoms with Gasteiger partial charge in [-0.2, -0.15) is 0 Å². The molecule has 102 valence electrons. The second-order valence-electron chi connectivity index (χ2n) is 5.52. The number of piperidine rings is 1. The third-order valence-electron chi connectivity index (χ3n) is 3.94. The number of hydrogen-bond acceptors (Lipinski definition) is 3. The maximum atomic E-state index is 12.6. The predicted molar refractivity (Wildman–Crippen MR) is 73.5 cm³/mol. The molecule has 4 nitrogen and oxygen atoms in total. The summed E-state index contributed by atoms with van der Waals surface area (Å²) in [5, 5.41) is 3.36. The van der Waals surface area contributed by atoms with Gasteiger partial charge in [0.05, 0.1) is 18.3 Å². The Morgan fingerprint density at radius 1 is 1.32 bits per heavy atom. The van der Waals surface area contributed by atoms with Crippen LogP contribution in [0.4, 0.5) is 0 Å². The van der Waals surface area contributed by atoms with Crippen molar-refractivity contribution in [3.63, 3.8) is 0 Å². The lowest BCUT2D eigenvalue weighted by atomic mass is 10.0. The van der Waals surface area contributed by atoms with Gasteiger partial charge < -0.3 is 10.2 Å². The quantitative estimate of drug-likeness (QED) is 0.895. The van der Waals surface area contributed by atoms with E-state index in [1.165, 1.54) is 6.42 Å². The highest BCUT2D eigenvalue weighted by atomic mass is 16.2. The average Bonchev–Trinajstić information content (AvgIpc) is 3.31. The number of aromatic nitrogens is 1. The summed E-state index contributed by atoms with van der Waals surface area (Å²) in [5.41, 5.74) is 0.985. The van der Waals surface area contributed by atoms with Crippen molar-refractivity contribution in [1.29, 1.82) is 0 Å². The van der Waals surface area contributed by atoms with E-state index in [2.05, 4.69) is 10.3 Å². The fraction of sp³-hybridized carbons (Fsp3) is 0.600. The van der Waals surface area contributed by atoms with Crippen molar-refractivity contribution < 1.29 is 4.79 Å². The lowest BCUT2D eigenvalue weighted by molar-refractivity contribution is -0.135. The number of rotatable bonds is 4. The van der Waals surface area contributed by atoms with Crippen LogP contribution in [0.3, 0.4) is 0 Å². The van der Waals surface area contributed by atoms with Crippen molar-refractivity contribution in [2.45, 2.75) is 50.7 Å². The molecule has 0 spiro atoms. The Hall–Kier alpha value is -1.42. The normalized spacial score (nSPS) is 23.1. The Balaban J connectivity index is 1.68. The summed E-state index contributed by atoms with van der Waals surface area (Å²) in [6.45, 7) is 1.63. The van der Waals surface area contributed by atoms with Crippen LogP contribution in [0, 0.1) is 0 Å². The van der Waals surface area contributed by atoms with Crippen LogP contribution in [0.5, 0.6) is 0 Å². The first-order chi connectivity index (χ1) is 9.34. The van der Waals surface area contributed by atoms with Crippen molar-refractivity contribution in [2.24, 2.45) is 0 Å². The molecule has 1 aromatic rings. The maximum absolute atomic E-state index is 12.6. The topological polar surface area (TPSA) is 45.2 Å². The highest BCUT2D eigenvalue weighted by Crippen LogP contribution is 2.29. The molecule has 1 saturated heterocycles. The van der Waals surface area contributed by atoms with Crippen LogP contribution in [0.1, 0.15) is 37.8 Å². The smallest absolute Gasteiger partial charge is 0.240 e. The van der Waals surface area contributed by atoms with Crippen molar-refractivity contribution >= 4 is 5.91 Å². The first-order valence-electron chi connectivity index (χ1n) is 7.28. The maximum Gasteiger partial charge on any atom is 0.240 e. The van der Waals surface area contributed by atoms with Gasteiger partial charge in [-0.05, 0) is 44.4 Å². The minimum atomic E-state index is 0.0260. The van der Waals surface area contributed by atoms with Crippen LogP contribution in [0.15, 0.2) is 24.4 Å². The van der Waals surface area contributed by atoms with E-state index in [0.29, 0.717) is 12.6 Å². The number of nitrogens with zero attached hydrogens (tertiary/aromatic N) is 2. The van der Waals surface area contributed by atoms with Gasteiger partial charge in [-0.15, -0.1) is 0 Å². The highest BCUT2D eigenvalue weighted by Gasteiger charge is 2.36. The Morgan fingerprint density at radius 2 is 2.21 bits per heavy atom. The molecule has 1 N–H and O–H groups in total. The van der Waals surface area contributed by atoms with Gasteiger partial charge in [0.15, 0.2) is 0 Å². The number of hydrogen-bond donors (Lipinski definition) is 1. The molecule has 1 saturated carbocycles. The lowest BCUT2D eigenvalue weighted by Crippen LogP contribution is -2.49. The first kappa shape index (κ1) is 12.6. The molecule has 1 amide bonds. The second-order valence-corrected chi connectivity index (χ2v) is 5.52. The second kappa shape index (κ2) is 5.70. The zero-order chi connectivity index (χ0) is 13.1. The Labute approximate surface area is 114 Å². The fourth-order valence-corrected chi connectivity index (χ4v) is 2.70. The molecule has 0 aromatic carbocycles. The summed E-state index contributed by atoms with van der Waals surface area (Å²) >= 11 is 0. The number of carbonyl (C=O) groups excluding carboxylic acids is 1. The Bertz CT molecular complexity index is 424. The molecule has 0 bridgehead atoms. The molecule has 2 aliphatic rings. The summed E-state index contributed by atoms with van der Waals surface area (Å²) in [5.74, 6) is 0.271. The van der Waals surface area contributed by atoms with E-state index < -0.39 is 0 Å². The molecule has 19 heavy (non-hydrogen) atoms. The summed E-state index contributed by atoms with van der Waals surface area (Å²) in [6.07, 6.45) is 7.41. The van der Waals surface area contributed by atoms with E-state index in [4.69, 9.17) is 0 Å². The Kier molecular flexibility index (Phi) is 3.78. The van der Waals surface area contributed by atoms with Gasteiger partial charge in [-0.1, -0.05) is 12.5 Å². The molecule has 1 aliphatic carbocycles. The zero-order valence-electron chi connectivity index (χ0n) is 11.2. The highest BCUT2D eigenvalue weighted by molar-refractivity contribution is 5.82. The van der Waals surface area contributed by atoms with Crippen LogP contribution in [-0.4, -0.2) is 34.4 Å². The number of carbonyl (C=O) groups is 1. The standard InChI is InChI=1S/C15H21N3O/c19-15(14-6-2-4-10-17-14)18(13-7-8-13)11-12-5-1-3-9-16-12/h1,3,5,9,13-14,17H,2,4,6-8,10-11H2/t14-/m1/s1. The van der Waals surface area contributed by atoms with Crippen molar-refractivity contribution in [2.75, 3.05) is 6.54 Å². The number of amides is 1. The summed E-state index contributed by atoms with van der Waals surface area (Å²) in [6, 6.07) is 6.36. The zero-order valence-corrected chi connectivity index (χ0v) is 11.2. The monoisotopic (exact) mass is 259 g/mol. The van der Waals surface area contributed by atoms with E-state index in [1.807, 2.05) is 23.1 Å². The van der Waals surface area contributed by atoms with Crippen molar-refractivity contribution in [3.8, 4) is 0 Å². The van der Waals surface area contributed by atoms with Gasteiger partial charge in [0.25, 0.3) is 0 Å². The average molecular weight is 259 g/mol. The SMILES string of the molecule is O=C([C@H]1CCCCN1)N(Cc1ccccn1)C1CC1. The van der Waals surface area contributed by atoms with Gasteiger partial charge in [0, 0.05) is 12.2 Å². The van der Waals surface area contributed by atoms with E-state index in [-0.39, 0.29) is 11.9 Å². The van der Waals surface area contributed by atoms with Gasteiger partial charge in [-0.3, -0.25) is 9.78 Å². The molecule has 4 heteroatoms. The van der Waals surface area contributed by atoms with Gasteiger partial charge in [0.1, 0.15) is 0 Å². The van der Waals surface area contributed by atoms with Crippen LogP contribution < -0.4 is 5.32 Å². The van der Waals surface area contributed by atoms with Crippen LogP contribution in [0.25, 0.3) is 0 Å². The number of nitrogens with one attached hydrogen (secondary N) is 1. The van der Waals surface area contributed by atoms with E-state index in [9.17, 15) is 4.79 Å². The third-order valence-corrected chi connectivity index (χ3v) is 3.94. The molecule has 3 rings (SSSR count).